The van der Waals surface area contributed by atoms with Crippen LogP contribution in [0.25, 0.3) is 0 Å². The van der Waals surface area contributed by atoms with Gasteiger partial charge in [0, 0.05) is 17.7 Å². The summed E-state index contributed by atoms with van der Waals surface area (Å²) in [6.07, 6.45) is 0. The molecule has 0 unspecified atom stereocenters. The number of nitro benzene ring substituents is 1. The van der Waals surface area contributed by atoms with E-state index >= 15 is 0 Å². The van der Waals surface area contributed by atoms with Crippen molar-refractivity contribution in [1.29, 1.82) is 5.26 Å². The van der Waals surface area contributed by atoms with E-state index in [1.54, 1.807) is 30.3 Å². The summed E-state index contributed by atoms with van der Waals surface area (Å²) < 4.78 is 6.04. The number of methoxy groups -OCH3 is 1. The van der Waals surface area contributed by atoms with Gasteiger partial charge in [0.25, 0.3) is 11.2 Å². The van der Waals surface area contributed by atoms with Gasteiger partial charge in [-0.15, -0.1) is 0 Å². The molecule has 3 aromatic rings. The summed E-state index contributed by atoms with van der Waals surface area (Å²) in [5.41, 5.74) is -0.648. The van der Waals surface area contributed by atoms with Crippen molar-refractivity contribution in [3.05, 3.63) is 96.8 Å². The van der Waals surface area contributed by atoms with Crippen LogP contribution in [0.3, 0.4) is 0 Å². The van der Waals surface area contributed by atoms with Crippen molar-refractivity contribution in [3.63, 3.8) is 0 Å². The highest BCUT2D eigenvalue weighted by atomic mass is 16.6. The first-order valence-corrected chi connectivity index (χ1v) is 9.07. The van der Waals surface area contributed by atoms with Crippen molar-refractivity contribution in [2.75, 3.05) is 7.11 Å². The second-order valence-corrected chi connectivity index (χ2v) is 6.68. The minimum atomic E-state index is -0.728. The highest BCUT2D eigenvalue weighted by Crippen LogP contribution is 2.26. The van der Waals surface area contributed by atoms with Crippen molar-refractivity contribution >= 4 is 11.5 Å². The Bertz CT molecular complexity index is 1270. The summed E-state index contributed by atoms with van der Waals surface area (Å²) >= 11 is 0. The fourth-order valence-electron chi connectivity index (χ4n) is 3.16. The van der Waals surface area contributed by atoms with Crippen molar-refractivity contribution in [2.45, 2.75) is 13.5 Å². The number of nitrogens with zero attached hydrogens (tertiary/aromatic N) is 3. The van der Waals surface area contributed by atoms with E-state index in [4.69, 9.17) is 4.74 Å². The summed E-state index contributed by atoms with van der Waals surface area (Å²) in [6.45, 7) is 1.32. The average molecular weight is 419 g/mol. The lowest BCUT2D eigenvalue weighted by Crippen LogP contribution is -2.27. The lowest BCUT2D eigenvalue weighted by atomic mass is 9.97. The number of rotatable bonds is 6. The smallest absolute Gasteiger partial charge is 0.271 e. The van der Waals surface area contributed by atoms with Gasteiger partial charge in [0.1, 0.15) is 17.4 Å². The quantitative estimate of drug-likeness (QED) is 0.368. The number of nitriles is 1. The Kier molecular flexibility index (Phi) is 5.83. The maximum absolute atomic E-state index is 13.1. The fourth-order valence-corrected chi connectivity index (χ4v) is 3.16. The van der Waals surface area contributed by atoms with Gasteiger partial charge < -0.3 is 9.84 Å². The minimum Gasteiger partial charge on any atom is -0.497 e. The van der Waals surface area contributed by atoms with Gasteiger partial charge in [-0.25, -0.2) is 0 Å². The largest absolute Gasteiger partial charge is 0.497 e. The van der Waals surface area contributed by atoms with Gasteiger partial charge in [-0.1, -0.05) is 12.1 Å². The Balaban J connectivity index is 2.12. The summed E-state index contributed by atoms with van der Waals surface area (Å²) in [5, 5.41) is 31.1. The number of aromatic hydroxyl groups is 1. The highest BCUT2D eigenvalue weighted by molar-refractivity contribution is 6.11. The number of benzene rings is 2. The van der Waals surface area contributed by atoms with E-state index in [-0.39, 0.29) is 34.5 Å². The molecule has 0 amide bonds. The molecule has 9 nitrogen and oxygen atoms in total. The standard InChI is InChI=1S/C22H17N3O6/c1-13-18(11-23)21(27)24(12-14-3-9-17(31-2)10-4-14)22(28)19(13)20(26)15-5-7-16(8-6-15)25(29)30/h3-10,28H,12H2,1-2H3. The molecule has 0 saturated heterocycles. The summed E-state index contributed by atoms with van der Waals surface area (Å²) in [4.78, 5) is 36.1. The van der Waals surface area contributed by atoms with E-state index in [2.05, 4.69) is 0 Å². The SMILES string of the molecule is COc1ccc(Cn2c(O)c(C(=O)c3ccc([N+](=O)[O-])cc3)c(C)c(C#N)c2=O)cc1. The number of hydrogen-bond acceptors (Lipinski definition) is 7. The van der Waals surface area contributed by atoms with E-state index in [9.17, 15) is 30.1 Å². The van der Waals surface area contributed by atoms with Crippen LogP contribution in [-0.2, 0) is 6.54 Å². The van der Waals surface area contributed by atoms with Crippen molar-refractivity contribution in [2.24, 2.45) is 0 Å². The normalized spacial score (nSPS) is 10.4. The monoisotopic (exact) mass is 419 g/mol. The number of ether oxygens (including phenoxy) is 1. The van der Waals surface area contributed by atoms with Crippen LogP contribution < -0.4 is 10.3 Å². The van der Waals surface area contributed by atoms with Gasteiger partial charge in [0.15, 0.2) is 5.78 Å². The van der Waals surface area contributed by atoms with Crippen LogP contribution in [-0.4, -0.2) is 27.5 Å². The molecule has 2 aromatic carbocycles. The van der Waals surface area contributed by atoms with Crippen molar-refractivity contribution < 1.29 is 19.6 Å². The number of nitro groups is 1. The van der Waals surface area contributed by atoms with Crippen LogP contribution in [0, 0.1) is 28.4 Å². The summed E-state index contributed by atoms with van der Waals surface area (Å²) in [7, 11) is 1.51. The zero-order valence-corrected chi connectivity index (χ0v) is 16.7. The lowest BCUT2D eigenvalue weighted by Gasteiger charge is -2.16. The maximum Gasteiger partial charge on any atom is 0.271 e. The second kappa shape index (κ2) is 8.51. The van der Waals surface area contributed by atoms with Crippen molar-refractivity contribution in [3.8, 4) is 17.7 Å². The molecule has 1 aromatic heterocycles. The number of carbonyl (C=O) groups excluding carboxylic acids is 1. The molecule has 9 heteroatoms. The third kappa shape index (κ3) is 4.00. The van der Waals surface area contributed by atoms with Crippen LogP contribution in [0.2, 0.25) is 0 Å². The number of aromatic nitrogens is 1. The summed E-state index contributed by atoms with van der Waals surface area (Å²) in [5.74, 6) is -0.637. The molecule has 0 saturated carbocycles. The summed E-state index contributed by atoms with van der Waals surface area (Å²) in [6, 6.07) is 13.4. The molecule has 0 atom stereocenters. The Hall–Kier alpha value is -4.45. The van der Waals surface area contributed by atoms with E-state index in [0.717, 1.165) is 16.7 Å². The highest BCUT2D eigenvalue weighted by Gasteiger charge is 2.25. The average Bonchev–Trinajstić information content (AvgIpc) is 2.77. The maximum atomic E-state index is 13.1. The Morgan fingerprint density at radius 2 is 1.81 bits per heavy atom. The minimum absolute atomic E-state index is 0.0410. The Labute approximate surface area is 176 Å². The van der Waals surface area contributed by atoms with Crippen LogP contribution in [0.1, 0.15) is 32.6 Å². The number of ketones is 1. The van der Waals surface area contributed by atoms with Crippen LogP contribution in [0.5, 0.6) is 11.6 Å². The predicted molar refractivity (Wildman–Crippen MR) is 110 cm³/mol. The zero-order chi connectivity index (χ0) is 22.7. The van der Waals surface area contributed by atoms with Crippen LogP contribution in [0.4, 0.5) is 5.69 Å². The Morgan fingerprint density at radius 1 is 1.19 bits per heavy atom. The number of pyridine rings is 1. The third-order valence-electron chi connectivity index (χ3n) is 4.87. The topological polar surface area (TPSA) is 135 Å². The first kappa shape index (κ1) is 21.3. The van der Waals surface area contributed by atoms with E-state index in [0.29, 0.717) is 11.3 Å². The molecule has 0 aliphatic rings. The molecule has 3 rings (SSSR count). The number of hydrogen-bond donors (Lipinski definition) is 1. The molecule has 31 heavy (non-hydrogen) atoms. The third-order valence-corrected chi connectivity index (χ3v) is 4.87. The molecule has 0 radical (unpaired) electrons. The molecule has 0 aliphatic heterocycles. The first-order chi connectivity index (χ1) is 14.8. The van der Waals surface area contributed by atoms with Gasteiger partial charge in [-0.3, -0.25) is 24.3 Å². The first-order valence-electron chi connectivity index (χ1n) is 9.07. The van der Waals surface area contributed by atoms with Gasteiger partial charge in [0.2, 0.25) is 5.88 Å². The zero-order valence-electron chi connectivity index (χ0n) is 16.7. The lowest BCUT2D eigenvalue weighted by molar-refractivity contribution is -0.384. The molecular formula is C22H17N3O6. The predicted octanol–water partition coefficient (Wildman–Crippen LogP) is 2.93. The number of non-ortho nitro benzene ring substituents is 1. The molecule has 1 N–H and O–H groups in total. The van der Waals surface area contributed by atoms with Crippen molar-refractivity contribution in [1.82, 2.24) is 4.57 Å². The molecule has 0 bridgehead atoms. The molecule has 0 fully saturated rings. The Morgan fingerprint density at radius 3 is 2.32 bits per heavy atom. The van der Waals surface area contributed by atoms with Gasteiger partial charge in [-0.05, 0) is 42.3 Å². The van der Waals surface area contributed by atoms with Crippen LogP contribution >= 0.6 is 0 Å². The molecular weight excluding hydrogens is 402 g/mol. The molecule has 0 aliphatic carbocycles. The van der Waals surface area contributed by atoms with E-state index in [1.165, 1.54) is 26.2 Å². The van der Waals surface area contributed by atoms with Gasteiger partial charge >= 0.3 is 0 Å². The second-order valence-electron chi connectivity index (χ2n) is 6.68. The van der Waals surface area contributed by atoms with Crippen LogP contribution in [0.15, 0.2) is 53.3 Å². The van der Waals surface area contributed by atoms with E-state index in [1.807, 2.05) is 0 Å². The van der Waals surface area contributed by atoms with E-state index < -0.39 is 22.1 Å². The molecule has 0 spiro atoms. The fraction of sp³-hybridized carbons (Fsp3) is 0.136. The van der Waals surface area contributed by atoms with Gasteiger partial charge in [-0.2, -0.15) is 5.26 Å². The number of carbonyl (C=O) groups is 1. The van der Waals surface area contributed by atoms with Gasteiger partial charge in [0.05, 0.1) is 24.1 Å². The molecule has 1 heterocycles. The molecule has 156 valence electrons.